The molecule has 0 aliphatic heterocycles. The Hall–Kier alpha value is -0.910. The van der Waals surface area contributed by atoms with E-state index in [-0.39, 0.29) is 5.91 Å². The van der Waals surface area contributed by atoms with Crippen molar-refractivity contribution in [2.45, 2.75) is 116 Å². The lowest BCUT2D eigenvalue weighted by Crippen LogP contribution is -2.37. The van der Waals surface area contributed by atoms with Crippen LogP contribution in [0.4, 0.5) is 0 Å². The summed E-state index contributed by atoms with van der Waals surface area (Å²) in [6, 6.07) is -0.421. The summed E-state index contributed by atoms with van der Waals surface area (Å²) in [7, 11) is 1.71. The van der Waals surface area contributed by atoms with E-state index in [9.17, 15) is 9.90 Å². The second-order valence-electron chi connectivity index (χ2n) is 7.89. The molecule has 1 unspecified atom stereocenters. The van der Waals surface area contributed by atoms with Gasteiger partial charge in [-0.1, -0.05) is 96.1 Å². The molecule has 1 amide bonds. The Morgan fingerprint density at radius 1 is 0.929 bits per heavy atom. The van der Waals surface area contributed by atoms with Crippen LogP contribution in [0, 0.1) is 0 Å². The third kappa shape index (κ3) is 18.5. The average molecular weight is 398 g/mol. The largest absolute Gasteiger partial charge is 0.379 e. The van der Waals surface area contributed by atoms with E-state index in [1.807, 2.05) is 6.08 Å². The quantitative estimate of drug-likeness (QED) is 0.131. The first-order chi connectivity index (χ1) is 13.6. The molecule has 0 saturated heterocycles. The fourth-order valence-electron chi connectivity index (χ4n) is 3.36. The van der Waals surface area contributed by atoms with E-state index in [0.29, 0.717) is 6.54 Å². The summed E-state index contributed by atoms with van der Waals surface area (Å²) < 4.78 is 0. The van der Waals surface area contributed by atoms with Gasteiger partial charge in [0.1, 0.15) is 12.3 Å². The number of carbonyl (C=O) groups excluding carboxylic acids is 1. The van der Waals surface area contributed by atoms with Gasteiger partial charge in [-0.05, 0) is 26.3 Å². The Labute approximate surface area is 173 Å². The maximum absolute atomic E-state index is 11.1. The molecule has 0 rings (SSSR count). The highest BCUT2D eigenvalue weighted by atomic mass is 16.3. The van der Waals surface area contributed by atoms with Gasteiger partial charge in [0.15, 0.2) is 0 Å². The van der Waals surface area contributed by atoms with Gasteiger partial charge in [-0.2, -0.15) is 0 Å². The zero-order valence-electron chi connectivity index (χ0n) is 18.6. The van der Waals surface area contributed by atoms with Crippen molar-refractivity contribution in [2.24, 2.45) is 5.73 Å². The monoisotopic (exact) mass is 397 g/mol. The van der Waals surface area contributed by atoms with Crippen LogP contribution >= 0.6 is 0 Å². The van der Waals surface area contributed by atoms with Crippen molar-refractivity contribution in [3.05, 3.63) is 12.2 Å². The third-order valence-electron chi connectivity index (χ3n) is 5.22. The Kier molecular flexibility index (Phi) is 20.1. The first kappa shape index (κ1) is 27.1. The molecule has 28 heavy (non-hydrogen) atoms. The molecular formula is C23H47N3O2. The number of amides is 1. The van der Waals surface area contributed by atoms with E-state index in [1.54, 1.807) is 13.1 Å². The standard InChI is InChI=1S/C23H47N3O2/c1-3-4-5-6-7-8-9-10-11-12-13-14-15-19-22(27)26-20-17-16-18-21(25-2)23(24)28/h16,18,21-22,25-27H,3-15,17,19-20H2,1-2H3,(H2,24,28)/b18-16+/t21-,22?/m0/s1. The molecule has 5 nitrogen and oxygen atoms in total. The lowest BCUT2D eigenvalue weighted by atomic mass is 10.0. The maximum atomic E-state index is 11.1. The molecule has 0 heterocycles. The van der Waals surface area contributed by atoms with Crippen molar-refractivity contribution in [3.8, 4) is 0 Å². The summed E-state index contributed by atoms with van der Waals surface area (Å²) in [5.74, 6) is -0.380. The predicted octanol–water partition coefficient (Wildman–Crippen LogP) is 4.40. The molecule has 5 heteroatoms. The molecule has 5 N–H and O–H groups in total. The number of unbranched alkanes of at least 4 members (excludes halogenated alkanes) is 12. The Morgan fingerprint density at radius 3 is 1.89 bits per heavy atom. The van der Waals surface area contributed by atoms with E-state index in [4.69, 9.17) is 5.73 Å². The summed E-state index contributed by atoms with van der Waals surface area (Å²) in [4.78, 5) is 11.1. The van der Waals surface area contributed by atoms with Gasteiger partial charge < -0.3 is 16.2 Å². The van der Waals surface area contributed by atoms with Crippen LogP contribution in [0.5, 0.6) is 0 Å². The van der Waals surface area contributed by atoms with Crippen LogP contribution in [0.25, 0.3) is 0 Å². The molecule has 0 aromatic carbocycles. The molecule has 0 spiro atoms. The van der Waals surface area contributed by atoms with Crippen LogP contribution in [0.2, 0.25) is 0 Å². The van der Waals surface area contributed by atoms with E-state index in [1.165, 1.54) is 77.0 Å². The normalized spacial score (nSPS) is 13.8. The third-order valence-corrected chi connectivity index (χ3v) is 5.22. The summed E-state index contributed by atoms with van der Waals surface area (Å²) in [6.07, 6.45) is 22.3. The number of likely N-dealkylation sites (N-methyl/N-ethyl adjacent to an activating group) is 1. The molecule has 166 valence electrons. The van der Waals surface area contributed by atoms with Crippen LogP contribution < -0.4 is 16.4 Å². The van der Waals surface area contributed by atoms with Gasteiger partial charge in [0, 0.05) is 6.54 Å². The van der Waals surface area contributed by atoms with Crippen LogP contribution in [0.15, 0.2) is 12.2 Å². The molecule has 0 fully saturated rings. The number of aliphatic hydroxyl groups is 1. The summed E-state index contributed by atoms with van der Waals surface area (Å²) in [6.45, 7) is 2.97. The first-order valence-corrected chi connectivity index (χ1v) is 11.7. The van der Waals surface area contributed by atoms with Crippen molar-refractivity contribution in [1.29, 1.82) is 0 Å². The minimum atomic E-state index is -0.433. The number of carbonyl (C=O) groups is 1. The molecule has 0 aliphatic carbocycles. The number of hydrogen-bond donors (Lipinski definition) is 4. The molecule has 0 radical (unpaired) electrons. The summed E-state index contributed by atoms with van der Waals surface area (Å²) in [5.41, 5.74) is 5.24. The Balaban J connectivity index is 3.34. The van der Waals surface area contributed by atoms with Crippen molar-refractivity contribution >= 4 is 5.91 Å². The van der Waals surface area contributed by atoms with E-state index in [2.05, 4.69) is 17.6 Å². The Morgan fingerprint density at radius 2 is 1.43 bits per heavy atom. The smallest absolute Gasteiger partial charge is 0.238 e. The van der Waals surface area contributed by atoms with Crippen molar-refractivity contribution in [3.63, 3.8) is 0 Å². The molecule has 2 atom stereocenters. The minimum Gasteiger partial charge on any atom is -0.379 e. The molecular weight excluding hydrogens is 350 g/mol. The second kappa shape index (κ2) is 20.8. The van der Waals surface area contributed by atoms with E-state index in [0.717, 1.165) is 19.3 Å². The van der Waals surface area contributed by atoms with Crippen molar-refractivity contribution in [2.75, 3.05) is 13.6 Å². The summed E-state index contributed by atoms with van der Waals surface area (Å²) >= 11 is 0. The number of rotatable bonds is 21. The average Bonchev–Trinajstić information content (AvgIpc) is 2.68. The zero-order chi connectivity index (χ0) is 20.9. The van der Waals surface area contributed by atoms with Crippen LogP contribution in [-0.4, -0.2) is 36.9 Å². The lowest BCUT2D eigenvalue weighted by molar-refractivity contribution is -0.118. The fraction of sp³-hybridized carbons (Fsp3) is 0.870. The van der Waals surface area contributed by atoms with E-state index < -0.39 is 12.3 Å². The highest BCUT2D eigenvalue weighted by Gasteiger charge is 2.07. The van der Waals surface area contributed by atoms with Crippen LogP contribution in [0.3, 0.4) is 0 Å². The molecule has 0 aromatic heterocycles. The van der Waals surface area contributed by atoms with Crippen molar-refractivity contribution in [1.82, 2.24) is 10.6 Å². The second-order valence-corrected chi connectivity index (χ2v) is 7.89. The highest BCUT2D eigenvalue weighted by Crippen LogP contribution is 2.13. The number of nitrogens with one attached hydrogen (secondary N) is 2. The number of nitrogens with two attached hydrogens (primary N) is 1. The van der Waals surface area contributed by atoms with Gasteiger partial charge in [0.2, 0.25) is 5.91 Å². The molecule has 0 bridgehead atoms. The minimum absolute atomic E-state index is 0.380. The van der Waals surface area contributed by atoms with Crippen LogP contribution in [0.1, 0.15) is 103 Å². The van der Waals surface area contributed by atoms with Gasteiger partial charge in [0.05, 0.1) is 0 Å². The first-order valence-electron chi connectivity index (χ1n) is 11.7. The SMILES string of the molecule is CCCCCCCCCCCCCCCC(O)NCC/C=C/[C@H](NC)C(N)=O. The molecule has 0 aliphatic rings. The van der Waals surface area contributed by atoms with E-state index >= 15 is 0 Å². The van der Waals surface area contributed by atoms with Crippen molar-refractivity contribution < 1.29 is 9.90 Å². The van der Waals surface area contributed by atoms with Gasteiger partial charge in [-0.3, -0.25) is 10.1 Å². The van der Waals surface area contributed by atoms with Gasteiger partial charge in [0.25, 0.3) is 0 Å². The topological polar surface area (TPSA) is 87.4 Å². The lowest BCUT2D eigenvalue weighted by Gasteiger charge is -2.12. The predicted molar refractivity (Wildman–Crippen MR) is 120 cm³/mol. The van der Waals surface area contributed by atoms with Gasteiger partial charge in [-0.25, -0.2) is 0 Å². The molecule has 0 saturated carbocycles. The fourth-order valence-corrected chi connectivity index (χ4v) is 3.36. The number of aliphatic hydroxyl groups excluding tert-OH is 1. The summed E-state index contributed by atoms with van der Waals surface area (Å²) in [5, 5.41) is 15.9. The van der Waals surface area contributed by atoms with Crippen LogP contribution in [-0.2, 0) is 4.79 Å². The number of hydrogen-bond acceptors (Lipinski definition) is 4. The highest BCUT2D eigenvalue weighted by molar-refractivity contribution is 5.81. The zero-order valence-corrected chi connectivity index (χ0v) is 18.6. The maximum Gasteiger partial charge on any atom is 0.238 e. The molecule has 0 aromatic rings. The van der Waals surface area contributed by atoms with Gasteiger partial charge in [-0.15, -0.1) is 0 Å². The Bertz CT molecular complexity index is 375. The number of primary amides is 1. The van der Waals surface area contributed by atoms with Gasteiger partial charge >= 0.3 is 0 Å².